The minimum absolute atomic E-state index is 0.170. The highest BCUT2D eigenvalue weighted by Crippen LogP contribution is 2.22. The summed E-state index contributed by atoms with van der Waals surface area (Å²) in [7, 11) is 0. The molecule has 1 aromatic rings. The number of thioether (sulfide) groups is 1. The molecule has 2 heterocycles. The van der Waals surface area contributed by atoms with Crippen LogP contribution in [0.2, 0.25) is 0 Å². The number of amides is 2. The highest BCUT2D eigenvalue weighted by molar-refractivity contribution is 8.00. The molecule has 6 heteroatoms. The van der Waals surface area contributed by atoms with Crippen LogP contribution in [0.15, 0.2) is 11.6 Å². The van der Waals surface area contributed by atoms with E-state index in [1.54, 1.807) is 11.6 Å². The van der Waals surface area contributed by atoms with E-state index in [0.717, 1.165) is 0 Å². The first kappa shape index (κ1) is 8.71. The van der Waals surface area contributed by atoms with Gasteiger partial charge in [0.25, 0.3) is 0 Å². The summed E-state index contributed by atoms with van der Waals surface area (Å²) in [6.07, 6.45) is 1.59. The standard InChI is InChI=1S/C7H6N2O2S2/c10-5-3-12-4-6(11)9(5)7-8-1-2-13-7/h1-2H,3-4H2. The van der Waals surface area contributed by atoms with Gasteiger partial charge in [0.1, 0.15) is 0 Å². The molecule has 0 unspecified atom stereocenters. The van der Waals surface area contributed by atoms with Gasteiger partial charge in [-0.15, -0.1) is 23.1 Å². The Morgan fingerprint density at radius 1 is 1.31 bits per heavy atom. The van der Waals surface area contributed by atoms with E-state index >= 15 is 0 Å². The SMILES string of the molecule is O=C1CSCC(=O)N1c1nccs1. The molecule has 4 nitrogen and oxygen atoms in total. The van der Waals surface area contributed by atoms with Crippen LogP contribution in [0.25, 0.3) is 0 Å². The van der Waals surface area contributed by atoms with E-state index < -0.39 is 0 Å². The van der Waals surface area contributed by atoms with Gasteiger partial charge in [0.2, 0.25) is 11.8 Å². The molecule has 2 amide bonds. The van der Waals surface area contributed by atoms with E-state index in [2.05, 4.69) is 4.98 Å². The van der Waals surface area contributed by atoms with Gasteiger partial charge in [-0.3, -0.25) is 9.59 Å². The minimum Gasteiger partial charge on any atom is -0.273 e. The lowest BCUT2D eigenvalue weighted by atomic mass is 10.5. The Kier molecular flexibility index (Phi) is 2.32. The van der Waals surface area contributed by atoms with Crippen LogP contribution in [0.1, 0.15) is 0 Å². The summed E-state index contributed by atoms with van der Waals surface area (Å²) in [4.78, 5) is 27.8. The molecule has 0 radical (unpaired) electrons. The Morgan fingerprint density at radius 3 is 2.54 bits per heavy atom. The minimum atomic E-state index is -0.170. The number of hydrogen-bond acceptors (Lipinski definition) is 5. The van der Waals surface area contributed by atoms with Gasteiger partial charge in [-0.2, -0.15) is 0 Å². The predicted molar refractivity (Wildman–Crippen MR) is 51.9 cm³/mol. The van der Waals surface area contributed by atoms with Crippen LogP contribution in [0.4, 0.5) is 5.13 Å². The van der Waals surface area contributed by atoms with Gasteiger partial charge < -0.3 is 0 Å². The molecule has 0 bridgehead atoms. The van der Waals surface area contributed by atoms with Crippen LogP contribution in [-0.2, 0) is 9.59 Å². The molecule has 0 aromatic carbocycles. The maximum atomic E-state index is 11.4. The van der Waals surface area contributed by atoms with E-state index in [0.29, 0.717) is 16.6 Å². The van der Waals surface area contributed by atoms with Gasteiger partial charge in [-0.1, -0.05) is 0 Å². The van der Waals surface area contributed by atoms with Crippen molar-refractivity contribution in [2.75, 3.05) is 16.4 Å². The Labute approximate surface area is 83.0 Å². The molecule has 1 aliphatic heterocycles. The average Bonchev–Trinajstić information content (AvgIpc) is 2.57. The average molecular weight is 214 g/mol. The number of carbonyl (C=O) groups is 2. The lowest BCUT2D eigenvalue weighted by molar-refractivity contribution is -0.124. The number of imide groups is 1. The third kappa shape index (κ3) is 1.59. The normalized spacial score (nSPS) is 18.0. The topological polar surface area (TPSA) is 50.3 Å². The second-order valence-electron chi connectivity index (χ2n) is 2.43. The molecule has 1 saturated heterocycles. The fraction of sp³-hybridized carbons (Fsp3) is 0.286. The van der Waals surface area contributed by atoms with Crippen molar-refractivity contribution in [2.45, 2.75) is 0 Å². The van der Waals surface area contributed by atoms with Crippen molar-refractivity contribution >= 4 is 40.0 Å². The van der Waals surface area contributed by atoms with E-state index in [1.165, 1.54) is 28.0 Å². The zero-order valence-electron chi connectivity index (χ0n) is 6.60. The quantitative estimate of drug-likeness (QED) is 0.647. The molecule has 0 N–H and O–H groups in total. The molecular weight excluding hydrogens is 208 g/mol. The third-order valence-electron chi connectivity index (χ3n) is 1.56. The van der Waals surface area contributed by atoms with Gasteiger partial charge in [0, 0.05) is 11.6 Å². The number of aromatic nitrogens is 1. The summed E-state index contributed by atoms with van der Waals surface area (Å²) < 4.78 is 0. The lowest BCUT2D eigenvalue weighted by Crippen LogP contribution is -2.43. The zero-order chi connectivity index (χ0) is 9.26. The summed E-state index contributed by atoms with van der Waals surface area (Å²) in [5.74, 6) is 0.392. The van der Waals surface area contributed by atoms with Gasteiger partial charge >= 0.3 is 0 Å². The predicted octanol–water partition coefficient (Wildman–Crippen LogP) is 0.749. The van der Waals surface area contributed by atoms with Gasteiger partial charge in [0.15, 0.2) is 5.13 Å². The molecular formula is C7H6N2O2S2. The molecule has 1 fully saturated rings. The number of rotatable bonds is 1. The van der Waals surface area contributed by atoms with E-state index in [9.17, 15) is 9.59 Å². The number of thiazole rings is 1. The second kappa shape index (κ2) is 3.47. The smallest absolute Gasteiger partial charge is 0.245 e. The zero-order valence-corrected chi connectivity index (χ0v) is 8.23. The van der Waals surface area contributed by atoms with Crippen molar-refractivity contribution in [2.24, 2.45) is 0 Å². The number of hydrogen-bond donors (Lipinski definition) is 0. The first-order chi connectivity index (χ1) is 6.29. The van der Waals surface area contributed by atoms with Crippen LogP contribution >= 0.6 is 23.1 Å². The molecule has 0 aliphatic carbocycles. The summed E-state index contributed by atoms with van der Waals surface area (Å²) >= 11 is 2.65. The highest BCUT2D eigenvalue weighted by atomic mass is 32.2. The number of carbonyl (C=O) groups excluding carboxylic acids is 2. The fourth-order valence-electron chi connectivity index (χ4n) is 1.03. The van der Waals surface area contributed by atoms with E-state index in [1.807, 2.05) is 0 Å². The van der Waals surface area contributed by atoms with Crippen LogP contribution in [0.5, 0.6) is 0 Å². The van der Waals surface area contributed by atoms with Gasteiger partial charge in [0.05, 0.1) is 11.5 Å². The second-order valence-corrected chi connectivity index (χ2v) is 4.29. The highest BCUT2D eigenvalue weighted by Gasteiger charge is 2.29. The maximum Gasteiger partial charge on any atom is 0.245 e. The molecule has 1 aliphatic rings. The Hall–Kier alpha value is -0.880. The number of nitrogens with zero attached hydrogens (tertiary/aromatic N) is 2. The van der Waals surface area contributed by atoms with Crippen molar-refractivity contribution in [3.05, 3.63) is 11.6 Å². The van der Waals surface area contributed by atoms with Gasteiger partial charge in [-0.05, 0) is 0 Å². The molecule has 0 saturated carbocycles. The van der Waals surface area contributed by atoms with Crippen molar-refractivity contribution in [1.82, 2.24) is 4.98 Å². The lowest BCUT2D eigenvalue weighted by Gasteiger charge is -2.21. The first-order valence-electron chi connectivity index (χ1n) is 3.62. The summed E-state index contributed by atoms with van der Waals surface area (Å²) in [6, 6.07) is 0. The van der Waals surface area contributed by atoms with Crippen molar-refractivity contribution in [3.8, 4) is 0 Å². The maximum absolute atomic E-state index is 11.4. The first-order valence-corrected chi connectivity index (χ1v) is 5.65. The fourth-order valence-corrected chi connectivity index (χ4v) is 2.42. The summed E-state index contributed by atoms with van der Waals surface area (Å²) in [5, 5.41) is 2.23. The van der Waals surface area contributed by atoms with Crippen molar-refractivity contribution < 1.29 is 9.59 Å². The van der Waals surface area contributed by atoms with Gasteiger partial charge in [-0.25, -0.2) is 9.88 Å². The molecule has 0 spiro atoms. The summed E-state index contributed by atoms with van der Waals surface area (Å²) in [6.45, 7) is 0. The Morgan fingerprint density at radius 2 is 2.00 bits per heavy atom. The molecule has 0 atom stereocenters. The van der Waals surface area contributed by atoms with E-state index in [-0.39, 0.29) is 11.8 Å². The molecule has 1 aromatic heterocycles. The monoisotopic (exact) mass is 214 g/mol. The van der Waals surface area contributed by atoms with Crippen LogP contribution in [-0.4, -0.2) is 28.3 Å². The van der Waals surface area contributed by atoms with Crippen LogP contribution < -0.4 is 4.90 Å². The Balaban J connectivity index is 2.29. The molecule has 13 heavy (non-hydrogen) atoms. The summed E-state index contributed by atoms with van der Waals surface area (Å²) in [5.41, 5.74) is 0. The van der Waals surface area contributed by atoms with E-state index in [4.69, 9.17) is 0 Å². The van der Waals surface area contributed by atoms with Crippen LogP contribution in [0.3, 0.4) is 0 Å². The Bertz CT molecular complexity index is 320. The third-order valence-corrected chi connectivity index (χ3v) is 3.22. The van der Waals surface area contributed by atoms with Crippen LogP contribution in [0, 0.1) is 0 Å². The largest absolute Gasteiger partial charge is 0.273 e. The number of anilines is 1. The molecule has 2 rings (SSSR count). The van der Waals surface area contributed by atoms with Crippen molar-refractivity contribution in [3.63, 3.8) is 0 Å². The molecule has 68 valence electrons. The van der Waals surface area contributed by atoms with Crippen molar-refractivity contribution in [1.29, 1.82) is 0 Å².